The Kier molecular flexibility index (Phi) is 4.48. The smallest absolute Gasteiger partial charge is 0.118 e. The second-order valence-corrected chi connectivity index (χ2v) is 6.06. The van der Waals surface area contributed by atoms with Crippen molar-refractivity contribution in [2.24, 2.45) is 5.73 Å². The number of nitrogens with two attached hydrogens (primary N) is 1. The third-order valence-electron chi connectivity index (χ3n) is 4.37. The number of nitrogens with zero attached hydrogens (tertiary/aromatic N) is 1. The molecule has 3 heteroatoms. The van der Waals surface area contributed by atoms with Crippen molar-refractivity contribution in [1.82, 2.24) is 4.90 Å². The van der Waals surface area contributed by atoms with E-state index < -0.39 is 0 Å². The van der Waals surface area contributed by atoms with Crippen LogP contribution >= 0.6 is 0 Å². The second-order valence-electron chi connectivity index (χ2n) is 6.06. The molecule has 0 saturated carbocycles. The number of likely N-dealkylation sites (tertiary alicyclic amines) is 1. The molecular formula is C16H26N2O. The van der Waals surface area contributed by atoms with E-state index in [0.29, 0.717) is 12.3 Å². The summed E-state index contributed by atoms with van der Waals surface area (Å²) in [7, 11) is 0. The Morgan fingerprint density at radius 1 is 1.26 bits per heavy atom. The van der Waals surface area contributed by atoms with Crippen LogP contribution < -0.4 is 5.73 Å². The van der Waals surface area contributed by atoms with Crippen molar-refractivity contribution in [3.63, 3.8) is 0 Å². The molecule has 1 aromatic carbocycles. The molecule has 106 valence electrons. The lowest BCUT2D eigenvalue weighted by atomic mass is 9.88. The van der Waals surface area contributed by atoms with Crippen molar-refractivity contribution in [1.29, 1.82) is 0 Å². The third-order valence-corrected chi connectivity index (χ3v) is 4.37. The molecule has 0 aliphatic carbocycles. The largest absolute Gasteiger partial charge is 0.508 e. The van der Waals surface area contributed by atoms with Crippen LogP contribution in [0.25, 0.3) is 0 Å². The summed E-state index contributed by atoms with van der Waals surface area (Å²) in [5, 5.41) is 10.0. The first kappa shape index (κ1) is 14.4. The van der Waals surface area contributed by atoms with Gasteiger partial charge in [-0.1, -0.05) is 24.1 Å². The molecule has 3 nitrogen and oxygen atoms in total. The fourth-order valence-corrected chi connectivity index (χ4v) is 3.01. The summed E-state index contributed by atoms with van der Waals surface area (Å²) in [5.74, 6) is 0.391. The molecule has 1 aliphatic rings. The van der Waals surface area contributed by atoms with E-state index >= 15 is 0 Å². The Morgan fingerprint density at radius 2 is 1.95 bits per heavy atom. The van der Waals surface area contributed by atoms with Crippen molar-refractivity contribution >= 4 is 0 Å². The standard InChI is InChI=1S/C16H26N2O/c1-13-6-7-15(19)14(10-13)11-16(2,12-17)18-8-4-3-5-9-18/h6-7,10,19H,3-5,8-9,11-12,17H2,1-2H3. The van der Waals surface area contributed by atoms with Crippen LogP contribution in [-0.2, 0) is 6.42 Å². The summed E-state index contributed by atoms with van der Waals surface area (Å²) in [6, 6.07) is 5.81. The Labute approximate surface area is 116 Å². The minimum absolute atomic E-state index is 0.0499. The summed E-state index contributed by atoms with van der Waals surface area (Å²) in [6.07, 6.45) is 4.66. The number of phenols is 1. The first-order valence-corrected chi connectivity index (χ1v) is 7.29. The van der Waals surface area contributed by atoms with Gasteiger partial charge in [-0.3, -0.25) is 4.90 Å². The van der Waals surface area contributed by atoms with E-state index in [1.807, 2.05) is 6.07 Å². The Hall–Kier alpha value is -1.06. The van der Waals surface area contributed by atoms with Crippen molar-refractivity contribution in [2.45, 2.75) is 45.1 Å². The SMILES string of the molecule is Cc1ccc(O)c(CC(C)(CN)N2CCCCC2)c1. The first-order valence-electron chi connectivity index (χ1n) is 7.29. The molecule has 0 aromatic heterocycles. The van der Waals surface area contributed by atoms with Crippen LogP contribution in [0.4, 0.5) is 0 Å². The molecule has 0 spiro atoms. The predicted octanol–water partition coefficient (Wildman–Crippen LogP) is 2.45. The molecule has 1 aromatic rings. The van der Waals surface area contributed by atoms with Gasteiger partial charge < -0.3 is 10.8 Å². The van der Waals surface area contributed by atoms with Crippen molar-refractivity contribution < 1.29 is 5.11 Å². The molecule has 1 atom stereocenters. The van der Waals surface area contributed by atoms with Crippen LogP contribution in [0, 0.1) is 6.92 Å². The molecule has 1 unspecified atom stereocenters. The zero-order valence-corrected chi connectivity index (χ0v) is 12.2. The summed E-state index contributed by atoms with van der Waals surface area (Å²) < 4.78 is 0. The quantitative estimate of drug-likeness (QED) is 0.876. The Morgan fingerprint density at radius 3 is 2.58 bits per heavy atom. The zero-order valence-electron chi connectivity index (χ0n) is 12.2. The van der Waals surface area contributed by atoms with E-state index in [9.17, 15) is 5.11 Å². The summed E-state index contributed by atoms with van der Waals surface area (Å²) in [5.41, 5.74) is 8.20. The maximum atomic E-state index is 10.0. The molecule has 0 bridgehead atoms. The number of benzene rings is 1. The highest BCUT2D eigenvalue weighted by atomic mass is 16.3. The van der Waals surface area contributed by atoms with Gasteiger partial charge in [0.25, 0.3) is 0 Å². The lowest BCUT2D eigenvalue weighted by Crippen LogP contribution is -2.54. The lowest BCUT2D eigenvalue weighted by Gasteiger charge is -2.43. The summed E-state index contributed by atoms with van der Waals surface area (Å²) in [6.45, 7) is 7.16. The molecule has 0 amide bonds. The van der Waals surface area contributed by atoms with Gasteiger partial charge in [-0.05, 0) is 57.8 Å². The number of phenolic OH excluding ortho intramolecular Hbond substituents is 1. The second kappa shape index (κ2) is 5.93. The van der Waals surface area contributed by atoms with Crippen molar-refractivity contribution in [3.8, 4) is 5.75 Å². The molecule has 1 aliphatic heterocycles. The van der Waals surface area contributed by atoms with Gasteiger partial charge in [-0.2, -0.15) is 0 Å². The van der Waals surface area contributed by atoms with Crippen LogP contribution in [0.15, 0.2) is 18.2 Å². The van der Waals surface area contributed by atoms with Gasteiger partial charge in [0.2, 0.25) is 0 Å². The zero-order chi connectivity index (χ0) is 13.9. The number of aromatic hydroxyl groups is 1. The van der Waals surface area contributed by atoms with Crippen LogP contribution in [0.3, 0.4) is 0 Å². The molecule has 1 saturated heterocycles. The van der Waals surface area contributed by atoms with Gasteiger partial charge >= 0.3 is 0 Å². The van der Waals surface area contributed by atoms with E-state index in [-0.39, 0.29) is 5.54 Å². The minimum atomic E-state index is -0.0499. The predicted molar refractivity (Wildman–Crippen MR) is 79.4 cm³/mol. The van der Waals surface area contributed by atoms with E-state index in [2.05, 4.69) is 24.8 Å². The van der Waals surface area contributed by atoms with E-state index in [1.165, 1.54) is 24.8 Å². The van der Waals surface area contributed by atoms with Gasteiger partial charge in [-0.15, -0.1) is 0 Å². The molecule has 1 heterocycles. The van der Waals surface area contributed by atoms with E-state index in [4.69, 9.17) is 5.73 Å². The van der Waals surface area contributed by atoms with Crippen molar-refractivity contribution in [3.05, 3.63) is 29.3 Å². The summed E-state index contributed by atoms with van der Waals surface area (Å²) >= 11 is 0. The van der Waals surface area contributed by atoms with Crippen molar-refractivity contribution in [2.75, 3.05) is 19.6 Å². The van der Waals surface area contributed by atoms with Crippen LogP contribution in [0.1, 0.15) is 37.3 Å². The topological polar surface area (TPSA) is 49.5 Å². The van der Waals surface area contributed by atoms with Crippen LogP contribution in [0.2, 0.25) is 0 Å². The number of piperidine rings is 1. The van der Waals surface area contributed by atoms with Gasteiger partial charge in [0.05, 0.1) is 0 Å². The van der Waals surface area contributed by atoms with Gasteiger partial charge in [0.1, 0.15) is 5.75 Å². The number of hydrogen-bond donors (Lipinski definition) is 2. The highest BCUT2D eigenvalue weighted by Crippen LogP contribution is 2.28. The third kappa shape index (κ3) is 3.28. The monoisotopic (exact) mass is 262 g/mol. The van der Waals surface area contributed by atoms with Crippen LogP contribution in [-0.4, -0.2) is 35.2 Å². The maximum absolute atomic E-state index is 10.0. The number of hydrogen-bond acceptors (Lipinski definition) is 3. The molecule has 2 rings (SSSR count). The van der Waals surface area contributed by atoms with Gasteiger partial charge in [-0.25, -0.2) is 0 Å². The highest BCUT2D eigenvalue weighted by Gasteiger charge is 2.32. The minimum Gasteiger partial charge on any atom is -0.508 e. The summed E-state index contributed by atoms with van der Waals surface area (Å²) in [4.78, 5) is 2.50. The highest BCUT2D eigenvalue weighted by molar-refractivity contribution is 5.37. The van der Waals surface area contributed by atoms with E-state index in [0.717, 1.165) is 25.1 Å². The fraction of sp³-hybridized carbons (Fsp3) is 0.625. The van der Waals surface area contributed by atoms with E-state index in [1.54, 1.807) is 6.07 Å². The number of rotatable bonds is 4. The normalized spacial score (nSPS) is 20.2. The number of aryl methyl sites for hydroxylation is 1. The molecule has 3 N–H and O–H groups in total. The molecule has 19 heavy (non-hydrogen) atoms. The van der Waals surface area contributed by atoms with Gasteiger partial charge in [0, 0.05) is 12.1 Å². The molecule has 0 radical (unpaired) electrons. The Balaban J connectivity index is 2.19. The average molecular weight is 262 g/mol. The molecule has 1 fully saturated rings. The lowest BCUT2D eigenvalue weighted by molar-refractivity contribution is 0.0865. The fourth-order valence-electron chi connectivity index (χ4n) is 3.01. The Bertz CT molecular complexity index is 427. The van der Waals surface area contributed by atoms with Crippen LogP contribution in [0.5, 0.6) is 5.75 Å². The average Bonchev–Trinajstić information content (AvgIpc) is 2.44. The first-order chi connectivity index (χ1) is 9.05. The van der Waals surface area contributed by atoms with Gasteiger partial charge in [0.15, 0.2) is 0 Å². The molecular weight excluding hydrogens is 236 g/mol. The maximum Gasteiger partial charge on any atom is 0.118 e.